The first kappa shape index (κ1) is 16.3. The molecular weight excluding hydrogens is 328 g/mol. The number of hydrogen-bond donors (Lipinski definition) is 1. The van der Waals surface area contributed by atoms with Gasteiger partial charge < -0.3 is 9.73 Å². The van der Waals surface area contributed by atoms with Crippen molar-refractivity contribution >= 4 is 11.6 Å². The van der Waals surface area contributed by atoms with Gasteiger partial charge in [-0.1, -0.05) is 42.0 Å². The summed E-state index contributed by atoms with van der Waals surface area (Å²) in [7, 11) is 0. The van der Waals surface area contributed by atoms with E-state index in [0.29, 0.717) is 18.0 Å². The molecule has 0 bridgehead atoms. The molecule has 1 aromatic carbocycles. The molecule has 1 unspecified atom stereocenters. The molecule has 6 heteroatoms. The largest absolute Gasteiger partial charge is 0.421 e. The Morgan fingerprint density at radius 1 is 1.38 bits per heavy atom. The molecule has 0 radical (unpaired) electrons. The van der Waals surface area contributed by atoms with Crippen molar-refractivity contribution in [3.05, 3.63) is 77.2 Å². The second kappa shape index (κ2) is 6.63. The third-order valence-electron chi connectivity index (χ3n) is 4.43. The van der Waals surface area contributed by atoms with Gasteiger partial charge in [-0.25, -0.2) is 4.98 Å². The van der Waals surface area contributed by atoms with Crippen molar-refractivity contribution in [2.75, 3.05) is 0 Å². The van der Waals surface area contributed by atoms with Crippen LogP contribution in [0.3, 0.4) is 0 Å². The third-order valence-corrected chi connectivity index (χ3v) is 4.43. The SMILES string of the molecule is Cc1cccc(CC(=O)NC2=CCC(c3nn4c(C)ncc4o3)C=C2)c1. The van der Waals surface area contributed by atoms with Gasteiger partial charge in [0.1, 0.15) is 5.82 Å². The molecule has 26 heavy (non-hydrogen) atoms. The van der Waals surface area contributed by atoms with E-state index in [9.17, 15) is 4.79 Å². The lowest BCUT2D eigenvalue weighted by Crippen LogP contribution is -2.24. The molecule has 2 heterocycles. The smallest absolute Gasteiger partial charge is 0.242 e. The molecular formula is C20H20N4O2. The maximum Gasteiger partial charge on any atom is 0.242 e. The molecule has 0 saturated heterocycles. The summed E-state index contributed by atoms with van der Waals surface area (Å²) in [5.41, 5.74) is 3.63. The normalized spacial score (nSPS) is 16.7. The molecule has 6 nitrogen and oxygen atoms in total. The molecule has 1 atom stereocenters. The van der Waals surface area contributed by atoms with Crippen LogP contribution in [-0.4, -0.2) is 20.5 Å². The highest BCUT2D eigenvalue weighted by Gasteiger charge is 2.19. The van der Waals surface area contributed by atoms with Gasteiger partial charge in [0.25, 0.3) is 0 Å². The first-order valence-corrected chi connectivity index (χ1v) is 8.63. The number of benzene rings is 1. The summed E-state index contributed by atoms with van der Waals surface area (Å²) in [6.45, 7) is 3.91. The molecule has 2 aromatic heterocycles. The number of fused-ring (bicyclic) bond motifs is 1. The average Bonchev–Trinajstić information content (AvgIpc) is 3.18. The van der Waals surface area contributed by atoms with Crippen LogP contribution >= 0.6 is 0 Å². The van der Waals surface area contributed by atoms with Gasteiger partial charge in [0.15, 0.2) is 0 Å². The van der Waals surface area contributed by atoms with E-state index in [0.717, 1.165) is 29.1 Å². The molecule has 132 valence electrons. The summed E-state index contributed by atoms with van der Waals surface area (Å²) < 4.78 is 7.46. The van der Waals surface area contributed by atoms with Gasteiger partial charge in [-0.15, -0.1) is 5.10 Å². The Labute approximate surface area is 151 Å². The van der Waals surface area contributed by atoms with Crippen molar-refractivity contribution in [2.24, 2.45) is 0 Å². The molecule has 0 saturated carbocycles. The van der Waals surface area contributed by atoms with Crippen molar-refractivity contribution < 1.29 is 9.21 Å². The van der Waals surface area contributed by atoms with Gasteiger partial charge in [0.05, 0.1) is 18.5 Å². The van der Waals surface area contributed by atoms with E-state index in [2.05, 4.69) is 15.4 Å². The third kappa shape index (κ3) is 3.31. The fraction of sp³-hybridized carbons (Fsp3) is 0.250. The van der Waals surface area contributed by atoms with E-state index in [1.54, 1.807) is 10.7 Å². The quantitative estimate of drug-likeness (QED) is 0.786. The maximum atomic E-state index is 12.2. The number of hydrogen-bond acceptors (Lipinski definition) is 4. The molecule has 1 amide bonds. The zero-order valence-corrected chi connectivity index (χ0v) is 14.8. The second-order valence-corrected chi connectivity index (χ2v) is 6.57. The van der Waals surface area contributed by atoms with E-state index in [1.807, 2.05) is 56.3 Å². The van der Waals surface area contributed by atoms with E-state index >= 15 is 0 Å². The monoisotopic (exact) mass is 348 g/mol. The molecule has 0 spiro atoms. The Morgan fingerprint density at radius 3 is 3.00 bits per heavy atom. The molecule has 1 N–H and O–H groups in total. The molecule has 3 aromatic rings. The summed E-state index contributed by atoms with van der Waals surface area (Å²) in [5, 5.41) is 7.42. The highest BCUT2D eigenvalue weighted by Crippen LogP contribution is 2.26. The number of nitrogens with zero attached hydrogens (tertiary/aromatic N) is 3. The van der Waals surface area contributed by atoms with Crippen LogP contribution in [0.25, 0.3) is 5.71 Å². The number of carbonyl (C=O) groups is 1. The zero-order valence-electron chi connectivity index (χ0n) is 14.8. The van der Waals surface area contributed by atoms with E-state index in [4.69, 9.17) is 4.42 Å². The Hall–Kier alpha value is -3.15. The fourth-order valence-electron chi connectivity index (χ4n) is 3.09. The second-order valence-electron chi connectivity index (χ2n) is 6.57. The zero-order chi connectivity index (χ0) is 18.1. The standard InChI is InChI=1S/C20H20N4O2/c1-13-4-3-5-15(10-13)11-18(25)22-17-8-6-16(7-9-17)20-23-24-14(2)21-12-19(24)26-20/h3-6,8-10,12,16H,7,11H2,1-2H3,(H,22,25). The predicted octanol–water partition coefficient (Wildman–Crippen LogP) is 3.23. The summed E-state index contributed by atoms with van der Waals surface area (Å²) in [6.07, 6.45) is 8.69. The maximum absolute atomic E-state index is 12.2. The summed E-state index contributed by atoms with van der Waals surface area (Å²) in [6, 6.07) is 7.99. The first-order chi connectivity index (χ1) is 12.6. The van der Waals surface area contributed by atoms with Crippen molar-refractivity contribution in [3.63, 3.8) is 0 Å². The number of amides is 1. The highest BCUT2D eigenvalue weighted by molar-refractivity contribution is 5.80. The fourth-order valence-corrected chi connectivity index (χ4v) is 3.09. The number of aromatic nitrogens is 3. The van der Waals surface area contributed by atoms with Crippen LogP contribution in [0.5, 0.6) is 0 Å². The van der Waals surface area contributed by atoms with Crippen LogP contribution in [0.4, 0.5) is 0 Å². The number of imidazole rings is 1. The molecule has 0 aliphatic heterocycles. The lowest BCUT2D eigenvalue weighted by molar-refractivity contribution is -0.119. The number of carbonyl (C=O) groups excluding carboxylic acids is 1. The van der Waals surface area contributed by atoms with Gasteiger partial charge in [0.2, 0.25) is 17.5 Å². The van der Waals surface area contributed by atoms with Crippen molar-refractivity contribution in [1.29, 1.82) is 0 Å². The van der Waals surface area contributed by atoms with Crippen molar-refractivity contribution in [3.8, 4) is 0 Å². The molecule has 1 aliphatic carbocycles. The van der Waals surface area contributed by atoms with Gasteiger partial charge in [-0.3, -0.25) is 4.79 Å². The minimum Gasteiger partial charge on any atom is -0.421 e. The Balaban J connectivity index is 1.38. The summed E-state index contributed by atoms with van der Waals surface area (Å²) in [4.78, 5) is 16.4. The van der Waals surface area contributed by atoms with Gasteiger partial charge in [-0.2, -0.15) is 4.52 Å². The number of aryl methyl sites for hydroxylation is 2. The van der Waals surface area contributed by atoms with Crippen LogP contribution in [0.15, 0.2) is 58.8 Å². The van der Waals surface area contributed by atoms with Crippen molar-refractivity contribution in [2.45, 2.75) is 32.6 Å². The van der Waals surface area contributed by atoms with Crippen LogP contribution in [0, 0.1) is 13.8 Å². The van der Waals surface area contributed by atoms with Crippen LogP contribution < -0.4 is 5.32 Å². The lowest BCUT2D eigenvalue weighted by atomic mass is 9.99. The summed E-state index contributed by atoms with van der Waals surface area (Å²) >= 11 is 0. The Morgan fingerprint density at radius 2 is 2.27 bits per heavy atom. The van der Waals surface area contributed by atoms with Crippen LogP contribution in [0.2, 0.25) is 0 Å². The Kier molecular flexibility index (Phi) is 4.16. The van der Waals surface area contributed by atoms with Gasteiger partial charge >= 0.3 is 0 Å². The predicted molar refractivity (Wildman–Crippen MR) is 97.6 cm³/mol. The van der Waals surface area contributed by atoms with Gasteiger partial charge in [0, 0.05) is 5.70 Å². The lowest BCUT2D eigenvalue weighted by Gasteiger charge is -2.14. The number of allylic oxidation sites excluding steroid dienone is 3. The highest BCUT2D eigenvalue weighted by atomic mass is 16.4. The summed E-state index contributed by atoms with van der Waals surface area (Å²) in [5.74, 6) is 1.50. The minimum atomic E-state index is -0.0166. The topological polar surface area (TPSA) is 72.4 Å². The van der Waals surface area contributed by atoms with Gasteiger partial charge in [-0.05, 0) is 31.9 Å². The Bertz CT molecular complexity index is 1030. The molecule has 0 fully saturated rings. The minimum absolute atomic E-state index is 0.0166. The van der Waals surface area contributed by atoms with Crippen LogP contribution in [-0.2, 0) is 11.2 Å². The van der Waals surface area contributed by atoms with Crippen molar-refractivity contribution in [1.82, 2.24) is 19.9 Å². The number of rotatable bonds is 4. The van der Waals surface area contributed by atoms with Crippen LogP contribution in [0.1, 0.15) is 35.2 Å². The van der Waals surface area contributed by atoms with E-state index in [1.165, 1.54) is 0 Å². The number of nitrogens with one attached hydrogen (secondary N) is 1. The van der Waals surface area contributed by atoms with E-state index < -0.39 is 0 Å². The molecule has 4 rings (SSSR count). The molecule has 1 aliphatic rings. The average molecular weight is 348 g/mol. The first-order valence-electron chi connectivity index (χ1n) is 8.63. The van der Waals surface area contributed by atoms with E-state index in [-0.39, 0.29) is 11.8 Å².